The van der Waals surface area contributed by atoms with Crippen molar-refractivity contribution in [2.75, 3.05) is 6.54 Å². The number of hydrogen-bond acceptors (Lipinski definition) is 3. The highest BCUT2D eigenvalue weighted by atomic mass is 32.1. The molecule has 19 heavy (non-hydrogen) atoms. The number of nitrogens with one attached hydrogen (secondary N) is 1. The molecule has 0 radical (unpaired) electrons. The zero-order valence-corrected chi connectivity index (χ0v) is 12.4. The van der Waals surface area contributed by atoms with Gasteiger partial charge in [0.1, 0.15) is 5.82 Å². The zero-order chi connectivity index (χ0) is 13.8. The molecule has 0 aliphatic rings. The van der Waals surface area contributed by atoms with Crippen molar-refractivity contribution >= 4 is 21.4 Å². The third-order valence-corrected chi connectivity index (χ3v) is 4.14. The van der Waals surface area contributed by atoms with Gasteiger partial charge in [0, 0.05) is 27.1 Å². The second-order valence-corrected chi connectivity index (χ2v) is 5.89. The molecule has 0 saturated heterocycles. The van der Waals surface area contributed by atoms with Gasteiger partial charge in [0.05, 0.1) is 12.7 Å². The summed E-state index contributed by atoms with van der Waals surface area (Å²) in [6.07, 6.45) is 0.147. The third kappa shape index (κ3) is 3.32. The predicted molar refractivity (Wildman–Crippen MR) is 79.1 cm³/mol. The van der Waals surface area contributed by atoms with Crippen LogP contribution in [0.4, 0.5) is 4.39 Å². The Balaban J connectivity index is 2.41. The van der Waals surface area contributed by atoms with Crippen LogP contribution in [0.15, 0.2) is 18.2 Å². The minimum absolute atomic E-state index is 0.147. The van der Waals surface area contributed by atoms with E-state index >= 15 is 0 Å². The maximum atomic E-state index is 14.0. The van der Waals surface area contributed by atoms with Crippen molar-refractivity contribution in [3.8, 4) is 0 Å². The monoisotopic (exact) mass is 281 g/mol. The molecule has 0 aliphatic heterocycles. The number of fused-ring (bicyclic) bond motifs is 1. The summed E-state index contributed by atoms with van der Waals surface area (Å²) in [6.45, 7) is 8.20. The first-order chi connectivity index (χ1) is 9.13. The summed E-state index contributed by atoms with van der Waals surface area (Å²) in [7, 11) is 0. The topological polar surface area (TPSA) is 21.3 Å². The quantitative estimate of drug-likeness (QED) is 0.861. The number of ether oxygens (including phenoxy) is 1. The van der Waals surface area contributed by atoms with E-state index in [4.69, 9.17) is 4.74 Å². The number of halogens is 1. The minimum atomic E-state index is -0.154. The lowest BCUT2D eigenvalue weighted by Gasteiger charge is -2.09. The van der Waals surface area contributed by atoms with E-state index in [2.05, 4.69) is 12.2 Å². The minimum Gasteiger partial charge on any atom is -0.374 e. The highest BCUT2D eigenvalue weighted by Crippen LogP contribution is 2.33. The molecule has 0 fully saturated rings. The first-order valence-corrected chi connectivity index (χ1v) is 7.46. The van der Waals surface area contributed by atoms with Crippen LogP contribution in [-0.4, -0.2) is 12.6 Å². The molecule has 0 aliphatic carbocycles. The summed E-state index contributed by atoms with van der Waals surface area (Å²) in [6, 6.07) is 5.25. The first-order valence-electron chi connectivity index (χ1n) is 6.64. The van der Waals surface area contributed by atoms with Crippen LogP contribution in [0.1, 0.15) is 31.2 Å². The van der Waals surface area contributed by atoms with Gasteiger partial charge in [0.15, 0.2) is 0 Å². The van der Waals surface area contributed by atoms with Crippen molar-refractivity contribution in [1.82, 2.24) is 5.32 Å². The molecule has 0 bridgehead atoms. The fraction of sp³-hybridized carbons (Fsp3) is 0.467. The first kappa shape index (κ1) is 14.4. The van der Waals surface area contributed by atoms with Gasteiger partial charge in [-0.25, -0.2) is 4.39 Å². The molecule has 2 rings (SSSR count). The van der Waals surface area contributed by atoms with E-state index in [9.17, 15) is 4.39 Å². The number of thiophene rings is 1. The van der Waals surface area contributed by atoms with E-state index in [-0.39, 0.29) is 11.9 Å². The van der Waals surface area contributed by atoms with E-state index in [0.29, 0.717) is 6.61 Å². The van der Waals surface area contributed by atoms with Crippen molar-refractivity contribution in [2.45, 2.75) is 40.0 Å². The third-order valence-electron chi connectivity index (χ3n) is 2.94. The Labute approximate surface area is 117 Å². The molecule has 0 amide bonds. The highest BCUT2D eigenvalue weighted by Gasteiger charge is 2.15. The van der Waals surface area contributed by atoms with Crippen LogP contribution in [0, 0.1) is 5.82 Å². The molecule has 0 spiro atoms. The smallest absolute Gasteiger partial charge is 0.132 e. The van der Waals surface area contributed by atoms with Crippen LogP contribution >= 0.6 is 11.3 Å². The van der Waals surface area contributed by atoms with E-state index in [0.717, 1.165) is 28.7 Å². The summed E-state index contributed by atoms with van der Waals surface area (Å²) in [5.41, 5.74) is 0.993. The molecule has 4 heteroatoms. The Morgan fingerprint density at radius 1 is 1.37 bits per heavy atom. The summed E-state index contributed by atoms with van der Waals surface area (Å²) >= 11 is 1.65. The molecular weight excluding hydrogens is 261 g/mol. The van der Waals surface area contributed by atoms with E-state index < -0.39 is 0 Å². The molecule has 1 N–H and O–H groups in total. The SMILES string of the molecule is CCNCc1sc2cccc(F)c2c1COC(C)C. The van der Waals surface area contributed by atoms with Crippen LogP contribution in [0.25, 0.3) is 10.1 Å². The Kier molecular flexibility index (Phi) is 4.91. The second-order valence-electron chi connectivity index (χ2n) is 4.76. The molecular formula is C15H20FNOS. The van der Waals surface area contributed by atoms with Crippen LogP contribution in [0.2, 0.25) is 0 Å². The normalized spacial score (nSPS) is 11.6. The van der Waals surface area contributed by atoms with E-state index in [1.54, 1.807) is 17.4 Å². The Hall–Kier alpha value is -0.970. The molecule has 1 aromatic heterocycles. The van der Waals surface area contributed by atoms with Gasteiger partial charge in [-0.3, -0.25) is 0 Å². The Bertz CT molecular complexity index is 550. The fourth-order valence-corrected chi connectivity index (χ4v) is 3.19. The van der Waals surface area contributed by atoms with Gasteiger partial charge >= 0.3 is 0 Å². The van der Waals surface area contributed by atoms with Gasteiger partial charge < -0.3 is 10.1 Å². The maximum absolute atomic E-state index is 14.0. The number of benzene rings is 1. The van der Waals surface area contributed by atoms with Crippen molar-refractivity contribution in [2.24, 2.45) is 0 Å². The van der Waals surface area contributed by atoms with Crippen molar-refractivity contribution < 1.29 is 9.13 Å². The molecule has 2 nitrogen and oxygen atoms in total. The molecule has 2 aromatic rings. The molecule has 1 aromatic carbocycles. The Morgan fingerprint density at radius 2 is 2.16 bits per heavy atom. The standard InChI is InChI=1S/C15H20FNOS/c1-4-17-8-14-11(9-18-10(2)3)15-12(16)6-5-7-13(15)19-14/h5-7,10,17H,4,8-9H2,1-3H3. The van der Waals surface area contributed by atoms with Crippen molar-refractivity contribution in [1.29, 1.82) is 0 Å². The maximum Gasteiger partial charge on any atom is 0.132 e. The van der Waals surface area contributed by atoms with Gasteiger partial charge in [0.25, 0.3) is 0 Å². The molecule has 0 atom stereocenters. The average molecular weight is 281 g/mol. The molecule has 1 heterocycles. The lowest BCUT2D eigenvalue weighted by molar-refractivity contribution is 0.0661. The van der Waals surface area contributed by atoms with E-state index in [1.807, 2.05) is 19.9 Å². The van der Waals surface area contributed by atoms with Gasteiger partial charge in [0.2, 0.25) is 0 Å². The summed E-state index contributed by atoms with van der Waals surface area (Å²) < 4.78 is 20.7. The van der Waals surface area contributed by atoms with Gasteiger partial charge in [-0.05, 0) is 32.5 Å². The molecule has 104 valence electrons. The fourth-order valence-electron chi connectivity index (χ4n) is 2.00. The van der Waals surface area contributed by atoms with Gasteiger partial charge in [-0.2, -0.15) is 0 Å². The number of hydrogen-bond donors (Lipinski definition) is 1. The predicted octanol–water partition coefficient (Wildman–Crippen LogP) is 4.07. The van der Waals surface area contributed by atoms with Gasteiger partial charge in [-0.1, -0.05) is 13.0 Å². The molecule has 0 saturated carbocycles. The van der Waals surface area contributed by atoms with Crippen LogP contribution in [0.3, 0.4) is 0 Å². The number of rotatable bonds is 6. The largest absolute Gasteiger partial charge is 0.374 e. The molecule has 0 unspecified atom stereocenters. The summed E-state index contributed by atoms with van der Waals surface area (Å²) in [5.74, 6) is -0.154. The van der Waals surface area contributed by atoms with Gasteiger partial charge in [-0.15, -0.1) is 11.3 Å². The van der Waals surface area contributed by atoms with Crippen LogP contribution in [0.5, 0.6) is 0 Å². The second kappa shape index (κ2) is 6.46. The Morgan fingerprint density at radius 3 is 2.84 bits per heavy atom. The van der Waals surface area contributed by atoms with Crippen molar-refractivity contribution in [3.05, 3.63) is 34.5 Å². The van der Waals surface area contributed by atoms with Crippen molar-refractivity contribution in [3.63, 3.8) is 0 Å². The highest BCUT2D eigenvalue weighted by molar-refractivity contribution is 7.19. The average Bonchev–Trinajstić information content (AvgIpc) is 2.73. The van der Waals surface area contributed by atoms with Crippen LogP contribution in [-0.2, 0) is 17.9 Å². The zero-order valence-electron chi connectivity index (χ0n) is 11.6. The lowest BCUT2D eigenvalue weighted by Crippen LogP contribution is -2.12. The summed E-state index contributed by atoms with van der Waals surface area (Å²) in [4.78, 5) is 1.17. The van der Waals surface area contributed by atoms with E-state index in [1.165, 1.54) is 10.9 Å². The summed E-state index contributed by atoms with van der Waals surface area (Å²) in [5, 5.41) is 4.03. The lowest BCUT2D eigenvalue weighted by atomic mass is 10.1. The van der Waals surface area contributed by atoms with Crippen LogP contribution < -0.4 is 5.32 Å².